The number of rotatable bonds is 7. The van der Waals surface area contributed by atoms with Crippen LogP contribution in [-0.2, 0) is 9.59 Å². The molecule has 23 heavy (non-hydrogen) atoms. The standard InChI is InChI=1S/C16H22IN3O3/c1-2-16(17,23)9-10-18-11-3-5-12(6-4-11)19-13-7-8-14(21)20-15(13)22/h3-6,13,18-19,23H,2,7-10H2,1H3,(H,20,21,22). The number of halogens is 1. The lowest BCUT2D eigenvalue weighted by atomic mass is 10.1. The molecule has 0 radical (unpaired) electrons. The number of aliphatic hydroxyl groups is 1. The second-order valence-electron chi connectivity index (χ2n) is 5.67. The number of piperidine rings is 1. The fourth-order valence-corrected chi connectivity index (χ4v) is 2.56. The molecule has 2 unspecified atom stereocenters. The molecule has 2 amide bonds. The normalized spacial score (nSPS) is 20.6. The third kappa shape index (κ3) is 5.65. The number of nitrogens with one attached hydrogen (secondary N) is 3. The van der Waals surface area contributed by atoms with Crippen LogP contribution in [-0.4, -0.2) is 33.1 Å². The van der Waals surface area contributed by atoms with Crippen LogP contribution in [0.25, 0.3) is 0 Å². The lowest BCUT2D eigenvalue weighted by molar-refractivity contribution is -0.133. The Bertz CT molecular complexity index is 560. The van der Waals surface area contributed by atoms with Crippen LogP contribution in [0.4, 0.5) is 11.4 Å². The van der Waals surface area contributed by atoms with Crippen LogP contribution in [0, 0.1) is 0 Å². The first-order chi connectivity index (χ1) is 10.9. The Kier molecular flexibility index (Phi) is 6.23. The second kappa shape index (κ2) is 7.96. The zero-order valence-electron chi connectivity index (χ0n) is 13.1. The first-order valence-corrected chi connectivity index (χ1v) is 8.83. The predicted octanol–water partition coefficient (Wildman–Crippen LogP) is 2.24. The van der Waals surface area contributed by atoms with Gasteiger partial charge in [0.05, 0.1) is 0 Å². The van der Waals surface area contributed by atoms with Gasteiger partial charge >= 0.3 is 0 Å². The second-order valence-corrected chi connectivity index (χ2v) is 7.68. The number of hydrogen-bond donors (Lipinski definition) is 4. The largest absolute Gasteiger partial charge is 0.385 e. The number of carbonyl (C=O) groups excluding carboxylic acids is 2. The Morgan fingerprint density at radius 2 is 1.96 bits per heavy atom. The van der Waals surface area contributed by atoms with E-state index in [0.717, 1.165) is 11.4 Å². The Morgan fingerprint density at radius 3 is 2.57 bits per heavy atom. The van der Waals surface area contributed by atoms with Crippen molar-refractivity contribution >= 4 is 45.8 Å². The van der Waals surface area contributed by atoms with Gasteiger partial charge < -0.3 is 15.7 Å². The molecular formula is C16H22IN3O3. The summed E-state index contributed by atoms with van der Waals surface area (Å²) in [7, 11) is 0. The summed E-state index contributed by atoms with van der Waals surface area (Å²) in [6.07, 6.45) is 2.25. The summed E-state index contributed by atoms with van der Waals surface area (Å²) in [5.74, 6) is -0.487. The fraction of sp³-hybridized carbons (Fsp3) is 0.500. The average molecular weight is 431 g/mol. The van der Waals surface area contributed by atoms with Gasteiger partial charge in [0.2, 0.25) is 11.8 Å². The van der Waals surface area contributed by atoms with Crippen LogP contribution in [0.1, 0.15) is 32.6 Å². The highest BCUT2D eigenvalue weighted by atomic mass is 127. The maximum Gasteiger partial charge on any atom is 0.249 e. The molecule has 2 atom stereocenters. The van der Waals surface area contributed by atoms with Crippen molar-refractivity contribution in [3.63, 3.8) is 0 Å². The summed E-state index contributed by atoms with van der Waals surface area (Å²) in [4.78, 5) is 22.8. The van der Waals surface area contributed by atoms with Gasteiger partial charge in [-0.05, 0) is 59.7 Å². The van der Waals surface area contributed by atoms with Gasteiger partial charge in [-0.2, -0.15) is 0 Å². The topological polar surface area (TPSA) is 90.5 Å². The van der Waals surface area contributed by atoms with Gasteiger partial charge in [-0.3, -0.25) is 14.9 Å². The van der Waals surface area contributed by atoms with Crippen LogP contribution in [0.2, 0.25) is 0 Å². The fourth-order valence-electron chi connectivity index (χ4n) is 2.29. The van der Waals surface area contributed by atoms with Crippen molar-refractivity contribution in [3.8, 4) is 0 Å². The molecule has 0 aliphatic carbocycles. The molecule has 126 valence electrons. The number of imide groups is 1. The maximum atomic E-state index is 11.7. The minimum Gasteiger partial charge on any atom is -0.385 e. The number of hydrogen-bond acceptors (Lipinski definition) is 5. The quantitative estimate of drug-likeness (QED) is 0.302. The molecule has 1 aliphatic heterocycles. The molecule has 7 heteroatoms. The number of benzene rings is 1. The first-order valence-electron chi connectivity index (χ1n) is 7.75. The molecule has 0 bridgehead atoms. The van der Waals surface area contributed by atoms with Crippen LogP contribution >= 0.6 is 22.6 Å². The van der Waals surface area contributed by atoms with E-state index in [0.29, 0.717) is 32.2 Å². The summed E-state index contributed by atoms with van der Waals surface area (Å²) in [5.41, 5.74) is 1.80. The van der Waals surface area contributed by atoms with E-state index >= 15 is 0 Å². The Hall–Kier alpha value is -1.35. The van der Waals surface area contributed by atoms with E-state index in [4.69, 9.17) is 0 Å². The highest BCUT2D eigenvalue weighted by Gasteiger charge is 2.26. The van der Waals surface area contributed by atoms with Gasteiger partial charge in [0.1, 0.15) is 9.65 Å². The van der Waals surface area contributed by atoms with Crippen LogP contribution in [0.15, 0.2) is 24.3 Å². The van der Waals surface area contributed by atoms with E-state index in [-0.39, 0.29) is 17.9 Å². The zero-order valence-corrected chi connectivity index (χ0v) is 15.2. The van der Waals surface area contributed by atoms with Gasteiger partial charge in [-0.15, -0.1) is 0 Å². The highest BCUT2D eigenvalue weighted by Crippen LogP contribution is 2.23. The van der Waals surface area contributed by atoms with Gasteiger partial charge in [-0.1, -0.05) is 6.92 Å². The number of carbonyl (C=O) groups is 2. The lowest BCUT2D eigenvalue weighted by Gasteiger charge is -2.23. The summed E-state index contributed by atoms with van der Waals surface area (Å²) in [5, 5.41) is 18.7. The van der Waals surface area contributed by atoms with Gasteiger partial charge in [-0.25, -0.2) is 0 Å². The third-order valence-corrected chi connectivity index (χ3v) is 5.15. The molecule has 4 N–H and O–H groups in total. The van der Waals surface area contributed by atoms with Crippen molar-refractivity contribution in [1.29, 1.82) is 0 Å². The molecule has 0 spiro atoms. The molecule has 1 fully saturated rings. The molecule has 1 saturated heterocycles. The molecule has 1 aliphatic rings. The zero-order chi connectivity index (χ0) is 16.9. The van der Waals surface area contributed by atoms with E-state index in [1.807, 2.05) is 31.2 Å². The first kappa shape index (κ1) is 18.0. The van der Waals surface area contributed by atoms with Crippen molar-refractivity contribution in [1.82, 2.24) is 5.32 Å². The minimum atomic E-state index is -0.669. The van der Waals surface area contributed by atoms with E-state index in [1.165, 1.54) is 0 Å². The summed E-state index contributed by atoms with van der Waals surface area (Å²) < 4.78 is -0.669. The van der Waals surface area contributed by atoms with Crippen LogP contribution in [0.3, 0.4) is 0 Å². The smallest absolute Gasteiger partial charge is 0.249 e. The SMILES string of the molecule is CCC(O)(I)CCNc1ccc(NC2CCC(=O)NC2=O)cc1. The molecule has 6 nitrogen and oxygen atoms in total. The van der Waals surface area contributed by atoms with Crippen molar-refractivity contribution in [2.45, 2.75) is 42.3 Å². The molecule has 0 aromatic heterocycles. The van der Waals surface area contributed by atoms with E-state index < -0.39 is 3.61 Å². The third-order valence-electron chi connectivity index (χ3n) is 3.84. The Labute approximate surface area is 149 Å². The molecule has 2 rings (SSSR count). The van der Waals surface area contributed by atoms with Gasteiger partial charge in [0, 0.05) is 30.8 Å². The monoisotopic (exact) mass is 431 g/mol. The average Bonchev–Trinajstić information content (AvgIpc) is 2.51. The summed E-state index contributed by atoms with van der Waals surface area (Å²) in [6.45, 7) is 2.65. The van der Waals surface area contributed by atoms with Crippen LogP contribution in [0.5, 0.6) is 0 Å². The molecule has 1 aromatic carbocycles. The maximum absolute atomic E-state index is 11.7. The Morgan fingerprint density at radius 1 is 1.30 bits per heavy atom. The van der Waals surface area contributed by atoms with Gasteiger partial charge in [0.15, 0.2) is 0 Å². The number of alkyl halides is 1. The van der Waals surface area contributed by atoms with E-state index in [1.54, 1.807) is 0 Å². The van der Waals surface area contributed by atoms with E-state index in [9.17, 15) is 14.7 Å². The molecular weight excluding hydrogens is 409 g/mol. The van der Waals surface area contributed by atoms with Gasteiger partial charge in [0.25, 0.3) is 0 Å². The van der Waals surface area contributed by atoms with Crippen LogP contribution < -0.4 is 16.0 Å². The highest BCUT2D eigenvalue weighted by molar-refractivity contribution is 14.1. The predicted molar refractivity (Wildman–Crippen MR) is 98.6 cm³/mol. The minimum absolute atomic E-state index is 0.213. The number of amides is 2. The Balaban J connectivity index is 1.82. The van der Waals surface area contributed by atoms with Crippen molar-refractivity contribution in [2.75, 3.05) is 17.2 Å². The number of anilines is 2. The van der Waals surface area contributed by atoms with Crippen molar-refractivity contribution < 1.29 is 14.7 Å². The van der Waals surface area contributed by atoms with E-state index in [2.05, 4.69) is 38.5 Å². The molecule has 1 heterocycles. The lowest BCUT2D eigenvalue weighted by Crippen LogP contribution is -2.47. The van der Waals surface area contributed by atoms with Crippen molar-refractivity contribution in [3.05, 3.63) is 24.3 Å². The molecule has 0 saturated carbocycles. The summed E-state index contributed by atoms with van der Waals surface area (Å²) in [6, 6.07) is 7.26. The summed E-state index contributed by atoms with van der Waals surface area (Å²) >= 11 is 2.07. The molecule has 1 aromatic rings. The van der Waals surface area contributed by atoms with Crippen molar-refractivity contribution in [2.24, 2.45) is 0 Å².